The lowest BCUT2D eigenvalue weighted by Gasteiger charge is -2.27. The monoisotopic (exact) mass is 235 g/mol. The van der Waals surface area contributed by atoms with Gasteiger partial charge in [-0.1, -0.05) is 25.1 Å². The van der Waals surface area contributed by atoms with Crippen molar-refractivity contribution < 1.29 is 9.90 Å². The predicted molar refractivity (Wildman–Crippen MR) is 69.5 cm³/mol. The molecule has 0 heterocycles. The van der Waals surface area contributed by atoms with Crippen molar-refractivity contribution in [2.24, 2.45) is 0 Å². The van der Waals surface area contributed by atoms with Crippen molar-refractivity contribution in [3.63, 3.8) is 0 Å². The van der Waals surface area contributed by atoms with Crippen LogP contribution in [0.2, 0.25) is 0 Å². The average Bonchev–Trinajstić information content (AvgIpc) is 2.26. The summed E-state index contributed by atoms with van der Waals surface area (Å²) in [5, 5.41) is 12.5. The Hall–Kier alpha value is -1.35. The van der Waals surface area contributed by atoms with Crippen molar-refractivity contribution in [1.29, 1.82) is 0 Å². The zero-order chi connectivity index (χ0) is 12.9. The highest BCUT2D eigenvalue weighted by atomic mass is 16.4. The van der Waals surface area contributed by atoms with Gasteiger partial charge >= 0.3 is 5.97 Å². The summed E-state index contributed by atoms with van der Waals surface area (Å²) in [6.45, 7) is 7.26. The molecule has 0 unspecified atom stereocenters. The van der Waals surface area contributed by atoms with Gasteiger partial charge < -0.3 is 10.4 Å². The molecule has 0 spiro atoms. The number of carbonyl (C=O) groups is 1. The Kier molecular flexibility index (Phi) is 4.70. The third-order valence-corrected chi connectivity index (χ3v) is 2.73. The van der Waals surface area contributed by atoms with E-state index in [4.69, 9.17) is 5.11 Å². The lowest BCUT2D eigenvalue weighted by molar-refractivity contribution is 0.0695. The molecule has 0 fully saturated rings. The zero-order valence-corrected chi connectivity index (χ0v) is 10.8. The lowest BCUT2D eigenvalue weighted by Crippen LogP contribution is -2.42. The van der Waals surface area contributed by atoms with E-state index in [9.17, 15) is 4.79 Å². The van der Waals surface area contributed by atoms with Crippen LogP contribution in [-0.4, -0.2) is 23.2 Å². The van der Waals surface area contributed by atoms with E-state index in [0.717, 1.165) is 24.9 Å². The van der Waals surface area contributed by atoms with Crippen molar-refractivity contribution in [3.05, 3.63) is 35.4 Å². The van der Waals surface area contributed by atoms with Crippen LogP contribution in [0.5, 0.6) is 0 Å². The number of carboxylic acid groups (broad SMARTS) is 1. The smallest absolute Gasteiger partial charge is 0.335 e. The molecule has 0 radical (unpaired) electrons. The summed E-state index contributed by atoms with van der Waals surface area (Å²) >= 11 is 0. The molecule has 3 heteroatoms. The molecule has 17 heavy (non-hydrogen) atoms. The predicted octanol–water partition coefficient (Wildman–Crippen LogP) is 2.71. The average molecular weight is 235 g/mol. The molecule has 1 aromatic rings. The van der Waals surface area contributed by atoms with E-state index in [1.165, 1.54) is 0 Å². The van der Waals surface area contributed by atoms with Gasteiger partial charge in [-0.2, -0.15) is 0 Å². The van der Waals surface area contributed by atoms with Crippen molar-refractivity contribution in [1.82, 2.24) is 5.32 Å². The van der Waals surface area contributed by atoms with Gasteiger partial charge in [0.15, 0.2) is 0 Å². The van der Waals surface area contributed by atoms with Gasteiger partial charge in [-0.15, -0.1) is 0 Å². The van der Waals surface area contributed by atoms with E-state index in [2.05, 4.69) is 26.1 Å². The Morgan fingerprint density at radius 2 is 2.00 bits per heavy atom. The molecule has 94 valence electrons. The van der Waals surface area contributed by atoms with Crippen molar-refractivity contribution in [2.45, 2.75) is 39.2 Å². The molecule has 3 nitrogen and oxygen atoms in total. The summed E-state index contributed by atoms with van der Waals surface area (Å²) in [4.78, 5) is 11.1. The van der Waals surface area contributed by atoms with E-state index in [1.54, 1.807) is 12.1 Å². The lowest BCUT2D eigenvalue weighted by atomic mass is 9.92. The molecule has 0 amide bonds. The molecular formula is C14H21NO2. The van der Waals surface area contributed by atoms with Crippen molar-refractivity contribution in [2.75, 3.05) is 6.54 Å². The number of hydrogen-bond donors (Lipinski definition) is 2. The molecule has 0 atom stereocenters. The molecule has 0 aliphatic heterocycles. The number of carboxylic acids is 1. The Balaban J connectivity index is 2.83. The molecule has 0 aromatic heterocycles. The van der Waals surface area contributed by atoms with Crippen LogP contribution in [0.15, 0.2) is 24.3 Å². The number of nitrogens with one attached hydrogen (secondary N) is 1. The topological polar surface area (TPSA) is 49.3 Å². The Morgan fingerprint density at radius 1 is 1.35 bits per heavy atom. The second kappa shape index (κ2) is 5.82. The van der Waals surface area contributed by atoms with Gasteiger partial charge in [-0.3, -0.25) is 0 Å². The summed E-state index contributed by atoms with van der Waals surface area (Å²) in [6, 6.07) is 7.20. The minimum absolute atomic E-state index is 0.0818. The first-order valence-corrected chi connectivity index (χ1v) is 6.02. The standard InChI is InChI=1S/C14H21NO2/c1-4-9-15-14(2,3)10-11-7-5-6-8-12(11)13(16)17/h5-8,15H,4,9-10H2,1-3H3,(H,16,17). The molecule has 0 saturated carbocycles. The maximum Gasteiger partial charge on any atom is 0.335 e. The highest BCUT2D eigenvalue weighted by Crippen LogP contribution is 2.17. The van der Waals surface area contributed by atoms with E-state index in [-0.39, 0.29) is 5.54 Å². The van der Waals surface area contributed by atoms with Crippen molar-refractivity contribution >= 4 is 5.97 Å². The number of hydrogen-bond acceptors (Lipinski definition) is 2. The third kappa shape index (κ3) is 4.19. The van der Waals surface area contributed by atoms with Gasteiger partial charge in [0, 0.05) is 5.54 Å². The fourth-order valence-electron chi connectivity index (χ4n) is 1.89. The Morgan fingerprint density at radius 3 is 2.59 bits per heavy atom. The van der Waals surface area contributed by atoms with E-state index in [1.807, 2.05) is 12.1 Å². The first-order chi connectivity index (χ1) is 7.96. The summed E-state index contributed by atoms with van der Waals surface area (Å²) in [6.07, 6.45) is 1.79. The van der Waals surface area contributed by atoms with Crippen LogP contribution in [0.25, 0.3) is 0 Å². The molecule has 2 N–H and O–H groups in total. The van der Waals surface area contributed by atoms with Crippen LogP contribution >= 0.6 is 0 Å². The highest BCUT2D eigenvalue weighted by Gasteiger charge is 2.20. The fraction of sp³-hybridized carbons (Fsp3) is 0.500. The summed E-state index contributed by atoms with van der Waals surface area (Å²) < 4.78 is 0. The van der Waals surface area contributed by atoms with Gasteiger partial charge in [0.2, 0.25) is 0 Å². The Bertz CT molecular complexity index is 386. The normalized spacial score (nSPS) is 11.5. The summed E-state index contributed by atoms with van der Waals surface area (Å²) in [7, 11) is 0. The molecule has 1 rings (SSSR count). The largest absolute Gasteiger partial charge is 0.478 e. The minimum Gasteiger partial charge on any atom is -0.478 e. The first-order valence-electron chi connectivity index (χ1n) is 6.02. The summed E-state index contributed by atoms with van der Waals surface area (Å²) in [5.74, 6) is -0.855. The van der Waals surface area contributed by atoms with Gasteiger partial charge in [0.25, 0.3) is 0 Å². The number of rotatable bonds is 6. The second-order valence-corrected chi connectivity index (χ2v) is 4.95. The van der Waals surface area contributed by atoms with Crippen LogP contribution < -0.4 is 5.32 Å². The zero-order valence-electron chi connectivity index (χ0n) is 10.8. The van der Waals surface area contributed by atoms with Gasteiger partial charge in [0.05, 0.1) is 5.56 Å². The van der Waals surface area contributed by atoms with Crippen molar-refractivity contribution in [3.8, 4) is 0 Å². The maximum atomic E-state index is 11.1. The SMILES string of the molecule is CCCNC(C)(C)Cc1ccccc1C(=O)O. The van der Waals surface area contributed by atoms with E-state index in [0.29, 0.717) is 5.56 Å². The van der Waals surface area contributed by atoms with Crippen LogP contribution in [0, 0.1) is 0 Å². The molecule has 0 aliphatic carbocycles. The van der Waals surface area contributed by atoms with Crippen LogP contribution in [-0.2, 0) is 6.42 Å². The summed E-state index contributed by atoms with van der Waals surface area (Å²) in [5.41, 5.74) is 1.20. The number of aromatic carboxylic acids is 1. The van der Waals surface area contributed by atoms with Crippen LogP contribution in [0.1, 0.15) is 43.1 Å². The Labute approximate surface area is 103 Å². The molecule has 0 aliphatic rings. The van der Waals surface area contributed by atoms with Crippen LogP contribution in [0.4, 0.5) is 0 Å². The molecule has 0 saturated heterocycles. The van der Waals surface area contributed by atoms with Gasteiger partial charge in [-0.25, -0.2) is 4.79 Å². The highest BCUT2D eigenvalue weighted by molar-refractivity contribution is 5.89. The first kappa shape index (κ1) is 13.7. The van der Waals surface area contributed by atoms with Gasteiger partial charge in [-0.05, 0) is 44.9 Å². The quantitative estimate of drug-likeness (QED) is 0.797. The molecular weight excluding hydrogens is 214 g/mol. The fourth-order valence-corrected chi connectivity index (χ4v) is 1.89. The van der Waals surface area contributed by atoms with Gasteiger partial charge in [0.1, 0.15) is 0 Å². The number of benzene rings is 1. The second-order valence-electron chi connectivity index (χ2n) is 4.95. The van der Waals surface area contributed by atoms with E-state index < -0.39 is 5.97 Å². The minimum atomic E-state index is -0.855. The maximum absolute atomic E-state index is 11.1. The third-order valence-electron chi connectivity index (χ3n) is 2.73. The molecule has 0 bridgehead atoms. The molecule has 1 aromatic carbocycles. The van der Waals surface area contributed by atoms with Crippen LogP contribution in [0.3, 0.4) is 0 Å². The van der Waals surface area contributed by atoms with E-state index >= 15 is 0 Å².